The van der Waals surface area contributed by atoms with Crippen LogP contribution in [-0.2, 0) is 11.3 Å². The molecule has 14 heteroatoms. The van der Waals surface area contributed by atoms with E-state index in [4.69, 9.17) is 19.4 Å². The third kappa shape index (κ3) is 5.98. The zero-order valence-electron chi connectivity index (χ0n) is 20.7. The third-order valence-electron chi connectivity index (χ3n) is 5.65. The molecule has 37 heavy (non-hydrogen) atoms. The number of hydrogen-bond acceptors (Lipinski definition) is 12. The average molecular weight is 531 g/mol. The molecule has 1 fully saturated rings. The molecule has 186 valence electrons. The third-order valence-corrected chi connectivity index (χ3v) is 6.75. The molecule has 1 N–H and O–H groups in total. The Bertz CT molecular complexity index is 1360. The van der Waals surface area contributed by atoms with E-state index in [0.29, 0.717) is 37.4 Å². The number of morpholine rings is 1. The molecule has 12 nitrogen and oxygen atoms in total. The van der Waals surface area contributed by atoms with E-state index >= 15 is 0 Å². The van der Waals surface area contributed by atoms with Crippen LogP contribution in [0, 0.1) is 5.21 Å². The number of nitrogens with one attached hydrogen (secondary N) is 1. The van der Waals surface area contributed by atoms with Crippen LogP contribution in [0.1, 0.15) is 15.2 Å². The van der Waals surface area contributed by atoms with Gasteiger partial charge in [-0.1, -0.05) is 0 Å². The number of amides is 1. The molecule has 0 atom stereocenters. The number of thiophene rings is 1. The van der Waals surface area contributed by atoms with Crippen LogP contribution in [0.25, 0.3) is 21.6 Å². The van der Waals surface area contributed by atoms with E-state index in [9.17, 15) is 10.0 Å². The zero-order chi connectivity index (χ0) is 25.1. The number of hydrogen-bond donors (Lipinski definition) is 1. The molecule has 0 aromatic carbocycles. The molecule has 1 aliphatic rings. The Hall–Kier alpha value is -2.94. The molecule has 0 spiro atoms. The van der Waals surface area contributed by atoms with Gasteiger partial charge in [0.05, 0.1) is 42.6 Å². The van der Waals surface area contributed by atoms with Gasteiger partial charge in [-0.05, 0) is 12.1 Å². The molecule has 5 heterocycles. The van der Waals surface area contributed by atoms with E-state index in [1.807, 2.05) is 24.1 Å². The number of pyridine rings is 1. The molecule has 1 amide bonds. The summed E-state index contributed by atoms with van der Waals surface area (Å²) in [6.45, 7) is 3.30. The Morgan fingerprint density at radius 1 is 1.19 bits per heavy atom. The minimum absolute atomic E-state index is 0. The van der Waals surface area contributed by atoms with E-state index in [0.717, 1.165) is 39.6 Å². The normalized spacial score (nSPS) is 13.2. The van der Waals surface area contributed by atoms with Crippen molar-refractivity contribution in [2.45, 2.75) is 6.54 Å². The first-order chi connectivity index (χ1) is 17.6. The maximum Gasteiger partial charge on any atom is 1.00 e. The van der Waals surface area contributed by atoms with E-state index < -0.39 is 5.91 Å². The topological polar surface area (TPSA) is 142 Å². The molecule has 5 rings (SSSR count). The summed E-state index contributed by atoms with van der Waals surface area (Å²) in [5.41, 5.74) is 3.07. The van der Waals surface area contributed by atoms with Crippen LogP contribution >= 0.6 is 11.3 Å². The molecule has 0 radical (unpaired) electrons. The van der Waals surface area contributed by atoms with Crippen LogP contribution in [0.15, 0.2) is 36.8 Å². The van der Waals surface area contributed by atoms with Gasteiger partial charge in [-0.2, -0.15) is 0 Å². The minimum atomic E-state index is -0.772. The number of carbonyl (C=O) groups excluding carboxylic acids is 1. The van der Waals surface area contributed by atoms with Crippen LogP contribution in [0.4, 0.5) is 11.8 Å². The van der Waals surface area contributed by atoms with Gasteiger partial charge in [-0.3, -0.25) is 4.79 Å². The van der Waals surface area contributed by atoms with E-state index in [1.54, 1.807) is 30.7 Å². The summed E-state index contributed by atoms with van der Waals surface area (Å²) in [4.78, 5) is 39.1. The number of nitrogens with zero attached hydrogens (tertiary/aromatic N) is 7. The van der Waals surface area contributed by atoms with E-state index in [1.165, 1.54) is 17.9 Å². The summed E-state index contributed by atoms with van der Waals surface area (Å²) in [6, 6.07) is 5.73. The molecule has 0 aliphatic carbocycles. The number of anilines is 2. The van der Waals surface area contributed by atoms with Crippen molar-refractivity contribution in [3.8, 4) is 17.3 Å². The number of ether oxygens (including phenoxy) is 2. The van der Waals surface area contributed by atoms with Gasteiger partial charge in [0, 0.05) is 55.2 Å². The summed E-state index contributed by atoms with van der Waals surface area (Å²) < 4.78 is 11.7. The predicted octanol–water partition coefficient (Wildman–Crippen LogP) is -0.743. The summed E-state index contributed by atoms with van der Waals surface area (Å²) in [7, 11) is 3.43. The maximum atomic E-state index is 11.5. The van der Waals surface area contributed by atoms with Crippen LogP contribution in [0.2, 0.25) is 0 Å². The van der Waals surface area contributed by atoms with Crippen LogP contribution in [0.5, 0.6) is 5.88 Å². The van der Waals surface area contributed by atoms with Crippen molar-refractivity contribution in [1.29, 1.82) is 0 Å². The fourth-order valence-electron chi connectivity index (χ4n) is 3.79. The predicted molar refractivity (Wildman–Crippen MR) is 135 cm³/mol. The van der Waals surface area contributed by atoms with Gasteiger partial charge in [0.2, 0.25) is 17.7 Å². The molecular formula is C23H23N8NaO4S. The summed E-state index contributed by atoms with van der Waals surface area (Å²) >= 11 is 1.62. The number of carbonyl (C=O) groups is 1. The minimum Gasteiger partial charge on any atom is -0.759 e. The van der Waals surface area contributed by atoms with Crippen molar-refractivity contribution < 1.29 is 43.8 Å². The van der Waals surface area contributed by atoms with Gasteiger partial charge in [-0.15, -0.1) is 11.3 Å². The Balaban J connectivity index is 0.00000320. The van der Waals surface area contributed by atoms with E-state index in [2.05, 4.69) is 19.9 Å². The fraction of sp³-hybridized carbons (Fsp3) is 0.304. The Morgan fingerprint density at radius 2 is 1.95 bits per heavy atom. The van der Waals surface area contributed by atoms with Gasteiger partial charge in [0.25, 0.3) is 0 Å². The van der Waals surface area contributed by atoms with Crippen molar-refractivity contribution in [3.05, 3.63) is 52.4 Å². The summed E-state index contributed by atoms with van der Waals surface area (Å²) in [5, 5.41) is 10.6. The molecule has 0 unspecified atom stereocenters. The van der Waals surface area contributed by atoms with Crippen molar-refractivity contribution in [3.63, 3.8) is 0 Å². The van der Waals surface area contributed by atoms with Crippen molar-refractivity contribution in [1.82, 2.24) is 30.4 Å². The molecule has 0 bridgehead atoms. The van der Waals surface area contributed by atoms with Crippen LogP contribution in [0.3, 0.4) is 0 Å². The van der Waals surface area contributed by atoms with Gasteiger partial charge < -0.3 is 30.0 Å². The van der Waals surface area contributed by atoms with Crippen molar-refractivity contribution >= 4 is 39.2 Å². The Morgan fingerprint density at radius 3 is 2.59 bits per heavy atom. The molecule has 0 saturated carbocycles. The van der Waals surface area contributed by atoms with Gasteiger partial charge in [0.1, 0.15) is 0 Å². The Labute approximate surface area is 238 Å². The first kappa shape index (κ1) is 27.1. The maximum absolute atomic E-state index is 11.5. The smallest absolute Gasteiger partial charge is 0.759 e. The second kappa shape index (κ2) is 12.1. The second-order valence-electron chi connectivity index (χ2n) is 8.05. The van der Waals surface area contributed by atoms with Gasteiger partial charge >= 0.3 is 29.6 Å². The molecule has 1 saturated heterocycles. The number of hydroxylamine groups is 1. The van der Waals surface area contributed by atoms with Crippen molar-refractivity contribution in [2.24, 2.45) is 0 Å². The quantitative estimate of drug-likeness (QED) is 0.238. The summed E-state index contributed by atoms with van der Waals surface area (Å²) in [5.74, 6) is 1.65. The largest absolute Gasteiger partial charge is 1.00 e. The van der Waals surface area contributed by atoms with E-state index in [-0.39, 0.29) is 35.1 Å². The fourth-order valence-corrected chi connectivity index (χ4v) is 4.96. The zero-order valence-corrected chi connectivity index (χ0v) is 23.5. The van der Waals surface area contributed by atoms with Gasteiger partial charge in [0.15, 0.2) is 11.6 Å². The number of aromatic nitrogens is 5. The number of fused-ring (bicyclic) bond motifs is 1. The van der Waals surface area contributed by atoms with Crippen LogP contribution < -0.4 is 49.6 Å². The van der Waals surface area contributed by atoms with Gasteiger partial charge in [-0.25, -0.2) is 24.9 Å². The number of methoxy groups -OCH3 is 1. The standard InChI is InChI=1S/C23H23N8O4S.Na/c1-30(23-25-11-15(12-26-23)22(32)29-33)13-16-9-17-19(36-16)21(31-5-7-35-8-6-31)28-20(27-17)14-3-4-18(34-2)24-10-14;/h3-4,9-12H,5-8,13H2,1-2H3,(H-,29,32,33);/q-1;+1. The van der Waals surface area contributed by atoms with Crippen molar-refractivity contribution in [2.75, 3.05) is 50.3 Å². The first-order valence-corrected chi connectivity index (χ1v) is 12.0. The Kier molecular flexibility index (Phi) is 8.84. The summed E-state index contributed by atoms with van der Waals surface area (Å²) in [6.07, 6.45) is 4.36. The monoisotopic (exact) mass is 530 g/mol. The molecule has 4 aromatic rings. The average Bonchev–Trinajstić information content (AvgIpc) is 3.35. The molecular weight excluding hydrogens is 507 g/mol. The number of rotatable bonds is 7. The second-order valence-corrected chi connectivity index (χ2v) is 9.18. The first-order valence-electron chi connectivity index (χ1n) is 11.1. The van der Waals surface area contributed by atoms with Crippen LogP contribution in [-0.4, -0.2) is 71.3 Å². The SMILES string of the molecule is COc1ccc(-c2nc(N3CCOCC3)c3sc(CN(C)c4ncc(C(=O)N[O-])cn4)cc3n2)cn1.[Na+]. The molecule has 1 aliphatic heterocycles. The molecule has 4 aromatic heterocycles.